The minimum absolute atomic E-state index is 1.16. The molecule has 2 nitrogen and oxygen atoms in total. The molecule has 0 spiro atoms. The van der Waals surface area contributed by atoms with Crippen LogP contribution >= 0.6 is 0 Å². The highest BCUT2D eigenvalue weighted by molar-refractivity contribution is 7.21. The van der Waals surface area contributed by atoms with Crippen molar-refractivity contribution in [1.82, 2.24) is 9.13 Å². The lowest BCUT2D eigenvalue weighted by atomic mass is 9.94. The molecule has 1 aliphatic rings. The second kappa shape index (κ2) is 12.4. The van der Waals surface area contributed by atoms with Crippen molar-refractivity contribution in [1.29, 1.82) is 0 Å². The highest BCUT2D eigenvalue weighted by atomic mass is 28.3. The summed E-state index contributed by atoms with van der Waals surface area (Å²) in [5, 5.41) is 10.6. The molecule has 2 aromatic heterocycles. The molecule has 0 bridgehead atoms. The van der Waals surface area contributed by atoms with E-state index in [2.05, 4.69) is 228 Å². The highest BCUT2D eigenvalue weighted by Gasteiger charge is 2.46. The molecular weight excluding hydrogens is 705 g/mol. The average Bonchev–Trinajstić information content (AvgIpc) is 3.77. The van der Waals surface area contributed by atoms with Gasteiger partial charge in [-0.2, -0.15) is 0 Å². The van der Waals surface area contributed by atoms with Crippen molar-refractivity contribution >= 4 is 72.4 Å². The summed E-state index contributed by atoms with van der Waals surface area (Å²) >= 11 is 0. The fourth-order valence-corrected chi connectivity index (χ4v) is 15.3. The fourth-order valence-electron chi connectivity index (χ4n) is 10.1. The third-order valence-electron chi connectivity index (χ3n) is 12.4. The van der Waals surface area contributed by atoms with Gasteiger partial charge in [0.1, 0.15) is 0 Å². The number of fused-ring (bicyclic) bond motifs is 11. The Balaban J connectivity index is 1.18. The Morgan fingerprint density at radius 3 is 1.25 bits per heavy atom. The standard InChI is InChI=1S/C54H36N2Si/c1-3-17-39(18-4-1)57(40-19-5-2-6-20-40)53-30-16-12-26-46(53)41-21-7-8-22-42(41)47-33-31-38(36-54(47)57)56-51-29-15-11-25-45(51)48-35-37(32-34-52(48)56)55-49-27-13-9-23-43(49)44-24-10-14-28-50(44)55/h1-36H. The molecule has 1 aliphatic heterocycles. The van der Waals surface area contributed by atoms with Crippen molar-refractivity contribution in [3.05, 3.63) is 218 Å². The molecule has 0 saturated heterocycles. The van der Waals surface area contributed by atoms with Gasteiger partial charge < -0.3 is 9.13 Å². The Labute approximate surface area is 332 Å². The molecule has 57 heavy (non-hydrogen) atoms. The van der Waals surface area contributed by atoms with E-state index in [1.165, 1.54) is 92.3 Å². The second-order valence-electron chi connectivity index (χ2n) is 15.2. The van der Waals surface area contributed by atoms with Gasteiger partial charge in [-0.3, -0.25) is 0 Å². The molecule has 3 heterocycles. The average molecular weight is 741 g/mol. The minimum Gasteiger partial charge on any atom is -0.309 e. The van der Waals surface area contributed by atoms with Gasteiger partial charge in [0.15, 0.2) is 8.07 Å². The Morgan fingerprint density at radius 2 is 0.667 bits per heavy atom. The van der Waals surface area contributed by atoms with Gasteiger partial charge in [0.2, 0.25) is 0 Å². The van der Waals surface area contributed by atoms with Crippen LogP contribution < -0.4 is 20.7 Å². The summed E-state index contributed by atoms with van der Waals surface area (Å²) in [6.45, 7) is 0. The molecule has 0 saturated carbocycles. The first-order valence-electron chi connectivity index (χ1n) is 19.8. The highest BCUT2D eigenvalue weighted by Crippen LogP contribution is 2.39. The van der Waals surface area contributed by atoms with Crippen molar-refractivity contribution in [2.24, 2.45) is 0 Å². The van der Waals surface area contributed by atoms with Crippen LogP contribution in [0.4, 0.5) is 0 Å². The molecule has 12 rings (SSSR count). The van der Waals surface area contributed by atoms with Crippen LogP contribution in [0.2, 0.25) is 0 Å². The van der Waals surface area contributed by atoms with Gasteiger partial charge in [0.25, 0.3) is 0 Å². The van der Waals surface area contributed by atoms with Crippen LogP contribution in [-0.4, -0.2) is 17.2 Å². The largest absolute Gasteiger partial charge is 0.309 e. The molecular formula is C54H36N2Si. The molecule has 0 N–H and O–H groups in total. The molecule has 11 aromatic rings. The Bertz CT molecular complexity index is 3260. The molecule has 0 atom stereocenters. The first-order valence-corrected chi connectivity index (χ1v) is 21.8. The summed E-state index contributed by atoms with van der Waals surface area (Å²) in [4.78, 5) is 0. The van der Waals surface area contributed by atoms with E-state index in [1.807, 2.05) is 0 Å². The SMILES string of the molecule is c1ccc([Si]2(c3ccccc3)c3ccccc3-c3ccccc3-c3ccc(-n4c5ccccc5c5cc(-n6c7ccccc7c7ccccc76)ccc54)cc32)cc1. The van der Waals surface area contributed by atoms with Crippen molar-refractivity contribution in [2.75, 3.05) is 0 Å². The van der Waals surface area contributed by atoms with Gasteiger partial charge in [0, 0.05) is 32.9 Å². The Hall–Kier alpha value is -7.20. The van der Waals surface area contributed by atoms with E-state index in [9.17, 15) is 0 Å². The third-order valence-corrected chi connectivity index (χ3v) is 17.3. The minimum atomic E-state index is -2.92. The smallest absolute Gasteiger partial charge is 0.180 e. The first kappa shape index (κ1) is 32.1. The van der Waals surface area contributed by atoms with Crippen LogP contribution in [0.5, 0.6) is 0 Å². The maximum Gasteiger partial charge on any atom is 0.180 e. The van der Waals surface area contributed by atoms with Gasteiger partial charge >= 0.3 is 0 Å². The van der Waals surface area contributed by atoms with Crippen LogP contribution in [0.25, 0.3) is 77.2 Å². The molecule has 0 radical (unpaired) electrons. The summed E-state index contributed by atoms with van der Waals surface area (Å²) in [6, 6.07) is 81.7. The zero-order valence-electron chi connectivity index (χ0n) is 31.2. The predicted octanol–water partition coefficient (Wildman–Crippen LogP) is 10.9. The van der Waals surface area contributed by atoms with Crippen LogP contribution in [0.15, 0.2) is 218 Å². The fraction of sp³-hybridized carbons (Fsp3) is 0. The number of aromatic nitrogens is 2. The van der Waals surface area contributed by atoms with Crippen LogP contribution in [0.3, 0.4) is 0 Å². The first-order chi connectivity index (χ1) is 28.3. The van der Waals surface area contributed by atoms with E-state index < -0.39 is 8.07 Å². The van der Waals surface area contributed by atoms with E-state index in [-0.39, 0.29) is 0 Å². The Morgan fingerprint density at radius 1 is 0.263 bits per heavy atom. The molecule has 0 fully saturated rings. The van der Waals surface area contributed by atoms with Gasteiger partial charge in [-0.25, -0.2) is 0 Å². The summed E-state index contributed by atoms with van der Waals surface area (Å²) in [6.07, 6.45) is 0. The quantitative estimate of drug-likeness (QED) is 0.159. The van der Waals surface area contributed by atoms with Crippen molar-refractivity contribution in [3.8, 4) is 33.6 Å². The second-order valence-corrected chi connectivity index (χ2v) is 19.0. The summed E-state index contributed by atoms with van der Waals surface area (Å²) < 4.78 is 4.92. The van der Waals surface area contributed by atoms with E-state index in [0.717, 1.165) is 5.69 Å². The van der Waals surface area contributed by atoms with Crippen LogP contribution in [0, 0.1) is 0 Å². The van der Waals surface area contributed by atoms with Gasteiger partial charge in [-0.1, -0.05) is 170 Å². The number of hydrogen-bond acceptors (Lipinski definition) is 0. The monoisotopic (exact) mass is 740 g/mol. The van der Waals surface area contributed by atoms with Gasteiger partial charge in [0.05, 0.1) is 22.1 Å². The number of hydrogen-bond donors (Lipinski definition) is 0. The van der Waals surface area contributed by atoms with Crippen LogP contribution in [-0.2, 0) is 0 Å². The van der Waals surface area contributed by atoms with Crippen LogP contribution in [0.1, 0.15) is 0 Å². The maximum atomic E-state index is 2.55. The van der Waals surface area contributed by atoms with Crippen molar-refractivity contribution < 1.29 is 0 Å². The zero-order chi connectivity index (χ0) is 37.5. The van der Waals surface area contributed by atoms with Gasteiger partial charge in [-0.05, 0) is 91.5 Å². The molecule has 0 aliphatic carbocycles. The maximum absolute atomic E-state index is 2.92. The number of nitrogens with zero attached hydrogens (tertiary/aromatic N) is 2. The third kappa shape index (κ3) is 4.52. The predicted molar refractivity (Wildman–Crippen MR) is 243 cm³/mol. The van der Waals surface area contributed by atoms with Crippen molar-refractivity contribution in [2.45, 2.75) is 0 Å². The molecule has 0 unspecified atom stereocenters. The number of para-hydroxylation sites is 3. The van der Waals surface area contributed by atoms with Gasteiger partial charge in [-0.15, -0.1) is 0 Å². The normalized spacial score (nSPS) is 13.1. The van der Waals surface area contributed by atoms with E-state index in [0.29, 0.717) is 0 Å². The molecule has 3 heteroatoms. The number of benzene rings is 9. The summed E-state index contributed by atoms with van der Waals surface area (Å²) in [5.74, 6) is 0. The van der Waals surface area contributed by atoms with Crippen molar-refractivity contribution in [3.63, 3.8) is 0 Å². The lowest BCUT2D eigenvalue weighted by Gasteiger charge is -2.36. The Kier molecular flexibility index (Phi) is 6.98. The topological polar surface area (TPSA) is 9.86 Å². The lowest BCUT2D eigenvalue weighted by molar-refractivity contribution is 1.17. The number of rotatable bonds is 4. The summed E-state index contributed by atoms with van der Waals surface area (Å²) in [7, 11) is -2.92. The van der Waals surface area contributed by atoms with E-state index in [1.54, 1.807) is 0 Å². The molecule has 0 amide bonds. The zero-order valence-corrected chi connectivity index (χ0v) is 32.2. The molecule has 9 aromatic carbocycles. The van der Waals surface area contributed by atoms with E-state index >= 15 is 0 Å². The lowest BCUT2D eigenvalue weighted by Crippen LogP contribution is -2.75. The summed E-state index contributed by atoms with van der Waals surface area (Å²) in [5.41, 5.74) is 12.4. The molecule has 266 valence electrons. The van der Waals surface area contributed by atoms with E-state index in [4.69, 9.17) is 0 Å².